The Bertz CT molecular complexity index is 389. The molecule has 1 saturated carbocycles. The minimum absolute atomic E-state index is 0.180. The van der Waals surface area contributed by atoms with Gasteiger partial charge in [-0.1, -0.05) is 12.5 Å². The van der Waals surface area contributed by atoms with Crippen LogP contribution in [0, 0.1) is 17.8 Å². The fourth-order valence-corrected chi connectivity index (χ4v) is 3.59. The second kappa shape index (κ2) is 4.46. The van der Waals surface area contributed by atoms with E-state index in [4.69, 9.17) is 0 Å². The SMILES string of the molecule is CC1=C2C[C@H](C(C)(C)O)[C@@H](O)C[C@H](C)[C@H]2CC1=O. The number of allylic oxidation sites excluding steroid dienone is 2. The maximum absolute atomic E-state index is 11.9. The van der Waals surface area contributed by atoms with Gasteiger partial charge in [-0.2, -0.15) is 0 Å². The third-order valence-corrected chi connectivity index (χ3v) is 4.86. The quantitative estimate of drug-likeness (QED) is 0.751. The maximum Gasteiger partial charge on any atom is 0.159 e. The summed E-state index contributed by atoms with van der Waals surface area (Å²) < 4.78 is 0. The normalized spacial score (nSPS) is 37.8. The number of ketones is 1. The molecule has 1 fully saturated rings. The lowest BCUT2D eigenvalue weighted by atomic mass is 9.81. The lowest BCUT2D eigenvalue weighted by molar-refractivity contribution is -0.115. The summed E-state index contributed by atoms with van der Waals surface area (Å²) >= 11 is 0. The van der Waals surface area contributed by atoms with Crippen LogP contribution >= 0.6 is 0 Å². The molecule has 0 radical (unpaired) electrons. The van der Waals surface area contributed by atoms with Crippen molar-refractivity contribution in [1.29, 1.82) is 0 Å². The molecule has 0 aromatic heterocycles. The van der Waals surface area contributed by atoms with E-state index in [1.807, 2.05) is 6.92 Å². The van der Waals surface area contributed by atoms with Gasteiger partial charge in [0.05, 0.1) is 11.7 Å². The molecule has 0 saturated heterocycles. The number of fused-ring (bicyclic) bond motifs is 1. The third kappa shape index (κ3) is 2.26. The highest BCUT2D eigenvalue weighted by atomic mass is 16.3. The van der Waals surface area contributed by atoms with Crippen molar-refractivity contribution in [3.8, 4) is 0 Å². The first-order chi connectivity index (χ1) is 8.21. The lowest BCUT2D eigenvalue weighted by Gasteiger charge is -2.32. The summed E-state index contributed by atoms with van der Waals surface area (Å²) in [5, 5.41) is 20.5. The maximum atomic E-state index is 11.9. The first-order valence-corrected chi connectivity index (χ1v) is 6.85. The Hall–Kier alpha value is -0.670. The number of carbonyl (C=O) groups excluding carboxylic acids is 1. The fourth-order valence-electron chi connectivity index (χ4n) is 3.59. The zero-order valence-electron chi connectivity index (χ0n) is 11.7. The zero-order valence-corrected chi connectivity index (χ0v) is 11.7. The first kappa shape index (κ1) is 13.8. The zero-order chi connectivity index (χ0) is 13.7. The van der Waals surface area contributed by atoms with Crippen LogP contribution in [0.4, 0.5) is 0 Å². The molecule has 4 atom stereocenters. The van der Waals surface area contributed by atoms with Crippen molar-refractivity contribution in [3.05, 3.63) is 11.1 Å². The lowest BCUT2D eigenvalue weighted by Crippen LogP contribution is -2.39. The van der Waals surface area contributed by atoms with E-state index in [1.165, 1.54) is 5.57 Å². The van der Waals surface area contributed by atoms with Gasteiger partial charge in [0.15, 0.2) is 5.78 Å². The Morgan fingerprint density at radius 2 is 1.89 bits per heavy atom. The van der Waals surface area contributed by atoms with Gasteiger partial charge in [-0.05, 0) is 51.0 Å². The number of Topliss-reactive ketones (excluding diaryl/α,β-unsaturated/α-hetero) is 1. The van der Waals surface area contributed by atoms with Crippen LogP contribution in [-0.4, -0.2) is 27.7 Å². The summed E-state index contributed by atoms with van der Waals surface area (Å²) in [6, 6.07) is 0. The highest BCUT2D eigenvalue weighted by Crippen LogP contribution is 2.46. The van der Waals surface area contributed by atoms with Crippen molar-refractivity contribution in [2.24, 2.45) is 17.8 Å². The predicted molar refractivity (Wildman–Crippen MR) is 70.0 cm³/mol. The Morgan fingerprint density at radius 1 is 1.28 bits per heavy atom. The Kier molecular flexibility index (Phi) is 3.41. The van der Waals surface area contributed by atoms with E-state index in [0.29, 0.717) is 25.2 Å². The van der Waals surface area contributed by atoms with Crippen LogP contribution in [0.5, 0.6) is 0 Å². The number of hydrogen-bond donors (Lipinski definition) is 2. The molecule has 0 aromatic rings. The smallest absolute Gasteiger partial charge is 0.159 e. The summed E-state index contributed by atoms with van der Waals surface area (Å²) in [7, 11) is 0. The van der Waals surface area contributed by atoms with Gasteiger partial charge in [-0.15, -0.1) is 0 Å². The van der Waals surface area contributed by atoms with Crippen molar-refractivity contribution >= 4 is 5.78 Å². The van der Waals surface area contributed by atoms with Crippen LogP contribution in [0.25, 0.3) is 0 Å². The van der Waals surface area contributed by atoms with E-state index < -0.39 is 11.7 Å². The molecule has 0 aromatic carbocycles. The van der Waals surface area contributed by atoms with Crippen molar-refractivity contribution in [2.75, 3.05) is 0 Å². The number of hydrogen-bond acceptors (Lipinski definition) is 3. The molecule has 0 bridgehead atoms. The molecule has 0 aliphatic heterocycles. The van der Waals surface area contributed by atoms with Gasteiger partial charge in [0.2, 0.25) is 0 Å². The summed E-state index contributed by atoms with van der Waals surface area (Å²) in [6.07, 6.45) is 1.43. The molecule has 0 amide bonds. The van der Waals surface area contributed by atoms with Crippen molar-refractivity contribution < 1.29 is 15.0 Å². The molecule has 3 nitrogen and oxygen atoms in total. The Morgan fingerprint density at radius 3 is 2.44 bits per heavy atom. The predicted octanol–water partition coefficient (Wildman–Crippen LogP) is 2.07. The number of aliphatic hydroxyl groups excluding tert-OH is 1. The molecule has 2 aliphatic rings. The summed E-state index contributed by atoms with van der Waals surface area (Å²) in [5.41, 5.74) is 1.14. The van der Waals surface area contributed by atoms with E-state index >= 15 is 0 Å². The molecule has 0 heterocycles. The highest BCUT2D eigenvalue weighted by Gasteiger charge is 2.43. The minimum Gasteiger partial charge on any atom is -0.393 e. The first-order valence-electron chi connectivity index (χ1n) is 6.85. The van der Waals surface area contributed by atoms with Gasteiger partial charge >= 0.3 is 0 Å². The third-order valence-electron chi connectivity index (χ3n) is 4.86. The van der Waals surface area contributed by atoms with E-state index in [1.54, 1.807) is 13.8 Å². The standard InChI is InChI=1S/C15H24O3/c1-8-5-14(17)12(15(3,4)18)6-11-9(2)13(16)7-10(8)11/h8,10,12,14,17-18H,5-7H2,1-4H3/t8-,10+,12-,14-/m0/s1. The highest BCUT2D eigenvalue weighted by molar-refractivity contribution is 5.98. The summed E-state index contributed by atoms with van der Waals surface area (Å²) in [6.45, 7) is 7.49. The average molecular weight is 252 g/mol. The van der Waals surface area contributed by atoms with Gasteiger partial charge in [-0.25, -0.2) is 0 Å². The molecule has 2 N–H and O–H groups in total. The molecular formula is C15H24O3. The molecule has 2 rings (SSSR count). The second-order valence-electron chi connectivity index (χ2n) is 6.63. The molecule has 18 heavy (non-hydrogen) atoms. The van der Waals surface area contributed by atoms with Crippen LogP contribution in [0.3, 0.4) is 0 Å². The Labute approximate surface area is 109 Å². The molecule has 102 valence electrons. The number of carbonyl (C=O) groups is 1. The summed E-state index contributed by atoms with van der Waals surface area (Å²) in [4.78, 5) is 11.9. The van der Waals surface area contributed by atoms with Gasteiger partial charge in [0, 0.05) is 12.3 Å². The van der Waals surface area contributed by atoms with Crippen molar-refractivity contribution in [3.63, 3.8) is 0 Å². The van der Waals surface area contributed by atoms with E-state index in [-0.39, 0.29) is 17.6 Å². The van der Waals surface area contributed by atoms with Crippen molar-refractivity contribution in [1.82, 2.24) is 0 Å². The molecule has 2 aliphatic carbocycles. The monoisotopic (exact) mass is 252 g/mol. The van der Waals surface area contributed by atoms with Crippen LogP contribution in [0.2, 0.25) is 0 Å². The fraction of sp³-hybridized carbons (Fsp3) is 0.800. The van der Waals surface area contributed by atoms with Gasteiger partial charge < -0.3 is 10.2 Å². The van der Waals surface area contributed by atoms with Crippen LogP contribution in [0.15, 0.2) is 11.1 Å². The van der Waals surface area contributed by atoms with Crippen LogP contribution in [0.1, 0.15) is 47.0 Å². The molecule has 0 spiro atoms. The van der Waals surface area contributed by atoms with Crippen LogP contribution in [-0.2, 0) is 4.79 Å². The number of rotatable bonds is 1. The van der Waals surface area contributed by atoms with Crippen LogP contribution < -0.4 is 0 Å². The molecule has 0 unspecified atom stereocenters. The Balaban J connectivity index is 2.37. The summed E-state index contributed by atoms with van der Waals surface area (Å²) in [5.74, 6) is 0.650. The average Bonchev–Trinajstić information content (AvgIpc) is 2.43. The van der Waals surface area contributed by atoms with Crippen molar-refractivity contribution in [2.45, 2.75) is 58.7 Å². The largest absolute Gasteiger partial charge is 0.393 e. The topological polar surface area (TPSA) is 57.5 Å². The minimum atomic E-state index is -0.910. The molecule has 3 heteroatoms. The van der Waals surface area contributed by atoms with E-state index in [2.05, 4.69) is 6.92 Å². The van der Waals surface area contributed by atoms with Gasteiger partial charge in [-0.3, -0.25) is 4.79 Å². The van der Waals surface area contributed by atoms with Gasteiger partial charge in [0.25, 0.3) is 0 Å². The molecular weight excluding hydrogens is 228 g/mol. The second-order valence-corrected chi connectivity index (χ2v) is 6.63. The van der Waals surface area contributed by atoms with E-state index in [0.717, 1.165) is 5.57 Å². The van der Waals surface area contributed by atoms with Gasteiger partial charge in [0.1, 0.15) is 0 Å². The number of aliphatic hydroxyl groups is 2. The van der Waals surface area contributed by atoms with E-state index in [9.17, 15) is 15.0 Å².